The molecule has 1 N–H and O–H groups in total. The standard InChI is InChI=1S/C23H27NO4S/c1-14(2)10-22(26)24-18-7-5-16(6-8-18)19(25)13-28-23(27)21-12-17-11-15(3)4-9-20(17)29-21/h5-8,12,14-15H,4,9-11,13H2,1-3H3,(H,24,26)/t15-/m0/s1. The number of ketones is 1. The molecule has 1 heterocycles. The minimum absolute atomic E-state index is 0.0546. The zero-order chi connectivity index (χ0) is 21.0. The van der Waals surface area contributed by atoms with Gasteiger partial charge in [0.2, 0.25) is 5.91 Å². The number of thiophene rings is 1. The summed E-state index contributed by atoms with van der Waals surface area (Å²) in [6.45, 7) is 5.89. The molecule has 0 bridgehead atoms. The first kappa shape index (κ1) is 21.2. The van der Waals surface area contributed by atoms with E-state index < -0.39 is 5.97 Å². The number of rotatable bonds is 7. The molecule has 0 unspecified atom stereocenters. The number of fused-ring (bicyclic) bond motifs is 1. The molecule has 1 atom stereocenters. The van der Waals surface area contributed by atoms with Crippen molar-refractivity contribution in [2.24, 2.45) is 11.8 Å². The van der Waals surface area contributed by atoms with Gasteiger partial charge in [0.1, 0.15) is 4.88 Å². The Bertz CT molecular complexity index is 898. The van der Waals surface area contributed by atoms with E-state index in [2.05, 4.69) is 12.2 Å². The predicted octanol–water partition coefficient (Wildman–Crippen LogP) is 4.90. The van der Waals surface area contributed by atoms with Crippen molar-refractivity contribution < 1.29 is 19.1 Å². The van der Waals surface area contributed by atoms with Crippen LogP contribution in [0.25, 0.3) is 0 Å². The van der Waals surface area contributed by atoms with Crippen LogP contribution in [0.1, 0.15) is 64.1 Å². The van der Waals surface area contributed by atoms with Crippen LogP contribution in [0.3, 0.4) is 0 Å². The molecule has 0 aliphatic heterocycles. The molecular weight excluding hydrogens is 386 g/mol. The predicted molar refractivity (Wildman–Crippen MR) is 115 cm³/mol. The lowest BCUT2D eigenvalue weighted by Crippen LogP contribution is -2.15. The van der Waals surface area contributed by atoms with Crippen molar-refractivity contribution in [1.29, 1.82) is 0 Å². The van der Waals surface area contributed by atoms with Crippen LogP contribution in [0, 0.1) is 11.8 Å². The maximum absolute atomic E-state index is 12.3. The molecule has 0 spiro atoms. The lowest BCUT2D eigenvalue weighted by molar-refractivity contribution is -0.116. The SMILES string of the molecule is CC(C)CC(=O)Nc1ccc(C(=O)COC(=O)c2cc3c(s2)CC[C@H](C)C3)cc1. The van der Waals surface area contributed by atoms with Crippen LogP contribution in [0.15, 0.2) is 30.3 Å². The fourth-order valence-electron chi connectivity index (χ4n) is 3.41. The lowest BCUT2D eigenvalue weighted by atomic mass is 9.90. The van der Waals surface area contributed by atoms with Gasteiger partial charge in [-0.3, -0.25) is 9.59 Å². The van der Waals surface area contributed by atoms with Crippen LogP contribution in [-0.2, 0) is 22.4 Å². The van der Waals surface area contributed by atoms with Crippen LogP contribution < -0.4 is 5.32 Å². The molecule has 6 heteroatoms. The summed E-state index contributed by atoms with van der Waals surface area (Å²) in [5.41, 5.74) is 2.32. The molecular formula is C23H27NO4S. The molecule has 3 rings (SSSR count). The number of ether oxygens (including phenoxy) is 1. The number of benzene rings is 1. The number of esters is 1. The van der Waals surface area contributed by atoms with Crippen LogP contribution in [-0.4, -0.2) is 24.3 Å². The topological polar surface area (TPSA) is 72.5 Å². The van der Waals surface area contributed by atoms with Crippen molar-refractivity contribution in [3.8, 4) is 0 Å². The fraction of sp³-hybridized carbons (Fsp3) is 0.435. The maximum Gasteiger partial charge on any atom is 0.348 e. The van der Waals surface area contributed by atoms with Gasteiger partial charge in [-0.1, -0.05) is 20.8 Å². The molecule has 154 valence electrons. The highest BCUT2D eigenvalue weighted by Crippen LogP contribution is 2.32. The first-order chi connectivity index (χ1) is 13.8. The molecule has 2 aromatic rings. The molecule has 1 amide bonds. The number of anilines is 1. The average Bonchev–Trinajstić information content (AvgIpc) is 3.09. The van der Waals surface area contributed by atoms with Gasteiger partial charge in [-0.05, 0) is 67.0 Å². The second-order valence-electron chi connectivity index (χ2n) is 8.13. The van der Waals surface area contributed by atoms with E-state index in [-0.39, 0.29) is 24.2 Å². The first-order valence-electron chi connectivity index (χ1n) is 10.0. The van der Waals surface area contributed by atoms with Crippen LogP contribution >= 0.6 is 11.3 Å². The Morgan fingerprint density at radius 3 is 2.62 bits per heavy atom. The number of carbonyl (C=O) groups excluding carboxylic acids is 3. The Balaban J connectivity index is 1.52. The highest BCUT2D eigenvalue weighted by Gasteiger charge is 2.22. The number of Topliss-reactive ketones (excluding diaryl/α,β-unsaturated/α-hetero) is 1. The largest absolute Gasteiger partial charge is 0.453 e. The summed E-state index contributed by atoms with van der Waals surface area (Å²) in [6, 6.07) is 8.54. The summed E-state index contributed by atoms with van der Waals surface area (Å²) in [7, 11) is 0. The monoisotopic (exact) mass is 413 g/mol. The summed E-state index contributed by atoms with van der Waals surface area (Å²) in [6.07, 6.45) is 3.60. The van der Waals surface area contributed by atoms with Crippen LogP contribution in [0.5, 0.6) is 0 Å². The maximum atomic E-state index is 12.3. The Morgan fingerprint density at radius 1 is 1.21 bits per heavy atom. The summed E-state index contributed by atoms with van der Waals surface area (Å²) in [5, 5.41) is 2.80. The number of amides is 1. The van der Waals surface area contributed by atoms with Crippen molar-refractivity contribution in [2.45, 2.75) is 46.5 Å². The van der Waals surface area contributed by atoms with Crippen molar-refractivity contribution in [3.05, 3.63) is 51.2 Å². The van der Waals surface area contributed by atoms with E-state index in [1.807, 2.05) is 19.9 Å². The Morgan fingerprint density at radius 2 is 1.93 bits per heavy atom. The number of aryl methyl sites for hydroxylation is 1. The van der Waals surface area contributed by atoms with E-state index in [1.54, 1.807) is 24.3 Å². The normalized spacial score (nSPS) is 15.7. The molecule has 5 nitrogen and oxygen atoms in total. The number of hydrogen-bond donors (Lipinski definition) is 1. The summed E-state index contributed by atoms with van der Waals surface area (Å²) < 4.78 is 5.24. The zero-order valence-corrected chi connectivity index (χ0v) is 17.9. The van der Waals surface area contributed by atoms with Crippen LogP contribution in [0.2, 0.25) is 0 Å². The van der Waals surface area contributed by atoms with E-state index >= 15 is 0 Å². The molecule has 0 saturated carbocycles. The van der Waals surface area contributed by atoms with Gasteiger partial charge in [0, 0.05) is 22.5 Å². The summed E-state index contributed by atoms with van der Waals surface area (Å²) in [4.78, 5) is 38.3. The van der Waals surface area contributed by atoms with Crippen molar-refractivity contribution in [3.63, 3.8) is 0 Å². The third-order valence-electron chi connectivity index (χ3n) is 4.95. The van der Waals surface area contributed by atoms with E-state index in [4.69, 9.17) is 4.74 Å². The quantitative estimate of drug-likeness (QED) is 0.518. The van der Waals surface area contributed by atoms with Crippen molar-refractivity contribution in [1.82, 2.24) is 0 Å². The molecule has 1 aliphatic rings. The summed E-state index contributed by atoms with van der Waals surface area (Å²) in [5.74, 6) is 0.154. The average molecular weight is 414 g/mol. The third kappa shape index (κ3) is 5.76. The lowest BCUT2D eigenvalue weighted by Gasteiger charge is -2.16. The number of nitrogens with one attached hydrogen (secondary N) is 1. The smallest absolute Gasteiger partial charge is 0.348 e. The molecule has 29 heavy (non-hydrogen) atoms. The Labute approximate surface area is 175 Å². The van der Waals surface area contributed by atoms with E-state index in [9.17, 15) is 14.4 Å². The van der Waals surface area contributed by atoms with Gasteiger partial charge < -0.3 is 10.1 Å². The fourth-order valence-corrected chi connectivity index (χ4v) is 4.52. The number of hydrogen-bond acceptors (Lipinski definition) is 5. The minimum Gasteiger partial charge on any atom is -0.453 e. The summed E-state index contributed by atoms with van der Waals surface area (Å²) >= 11 is 1.48. The van der Waals surface area contributed by atoms with Crippen molar-refractivity contribution in [2.75, 3.05) is 11.9 Å². The second kappa shape index (κ2) is 9.35. The van der Waals surface area contributed by atoms with Gasteiger partial charge >= 0.3 is 5.97 Å². The van der Waals surface area contributed by atoms with E-state index in [0.717, 1.165) is 19.3 Å². The van der Waals surface area contributed by atoms with Crippen LogP contribution in [0.4, 0.5) is 5.69 Å². The first-order valence-corrected chi connectivity index (χ1v) is 10.8. The Hall–Kier alpha value is -2.47. The molecule has 0 radical (unpaired) electrons. The van der Waals surface area contributed by atoms with Crippen molar-refractivity contribution >= 4 is 34.7 Å². The van der Waals surface area contributed by atoms with Gasteiger partial charge in [0.25, 0.3) is 0 Å². The molecule has 1 aromatic heterocycles. The van der Waals surface area contributed by atoms with Gasteiger partial charge in [-0.25, -0.2) is 4.79 Å². The highest BCUT2D eigenvalue weighted by atomic mass is 32.1. The molecule has 0 saturated heterocycles. The zero-order valence-electron chi connectivity index (χ0n) is 17.1. The van der Waals surface area contributed by atoms with Gasteiger partial charge in [0.15, 0.2) is 12.4 Å². The van der Waals surface area contributed by atoms with E-state index in [1.165, 1.54) is 21.8 Å². The molecule has 1 aromatic carbocycles. The molecule has 1 aliphatic carbocycles. The highest BCUT2D eigenvalue weighted by molar-refractivity contribution is 7.14. The molecule has 0 fully saturated rings. The minimum atomic E-state index is -0.442. The third-order valence-corrected chi connectivity index (χ3v) is 6.17. The van der Waals surface area contributed by atoms with Gasteiger partial charge in [-0.2, -0.15) is 0 Å². The number of carbonyl (C=O) groups is 3. The second-order valence-corrected chi connectivity index (χ2v) is 9.27. The Kier molecular flexibility index (Phi) is 6.85. The van der Waals surface area contributed by atoms with E-state index in [0.29, 0.717) is 28.5 Å². The van der Waals surface area contributed by atoms with Gasteiger partial charge in [0.05, 0.1) is 0 Å². The van der Waals surface area contributed by atoms with Gasteiger partial charge in [-0.15, -0.1) is 11.3 Å².